The van der Waals surface area contributed by atoms with Gasteiger partial charge in [-0.15, -0.1) is 0 Å². The maximum atomic E-state index is 12.3. The smallest absolute Gasteiger partial charge is 0.308 e. The van der Waals surface area contributed by atoms with Crippen molar-refractivity contribution in [3.8, 4) is 23.0 Å². The Morgan fingerprint density at radius 1 is 0.684 bits per heavy atom. The highest BCUT2D eigenvalue weighted by molar-refractivity contribution is 5.71. The van der Waals surface area contributed by atoms with Crippen molar-refractivity contribution in [3.05, 3.63) is 47.5 Å². The number of rotatable bonds is 15. The lowest BCUT2D eigenvalue weighted by atomic mass is 9.76. The fourth-order valence-corrected chi connectivity index (χ4v) is 6.48. The van der Waals surface area contributed by atoms with E-state index in [9.17, 15) is 39.0 Å². The van der Waals surface area contributed by atoms with Crippen LogP contribution in [0, 0.1) is 0 Å². The average molecular weight is 807 g/mol. The number of benzene rings is 2. The topological polar surface area (TPSA) is 244 Å². The fraction of sp³-hybridized carbons (Fsp3) is 0.526. The maximum absolute atomic E-state index is 12.3. The van der Waals surface area contributed by atoms with Crippen molar-refractivity contribution in [3.63, 3.8) is 0 Å². The van der Waals surface area contributed by atoms with E-state index in [0.717, 1.165) is 34.6 Å². The molecule has 0 amide bonds. The summed E-state index contributed by atoms with van der Waals surface area (Å²) in [6.45, 7) is 5.17. The Hall–Kier alpha value is -5.50. The molecule has 57 heavy (non-hydrogen) atoms. The number of hydrogen-bond acceptors (Lipinski definition) is 19. The van der Waals surface area contributed by atoms with Crippen LogP contribution in [0.5, 0.6) is 23.0 Å². The number of ether oxygens (including phenoxy) is 11. The normalized spacial score (nSPS) is 26.6. The molecule has 2 aliphatic heterocycles. The average Bonchev–Trinajstić information content (AvgIpc) is 3.38. The third kappa shape index (κ3) is 10.7. The molecule has 0 aromatic heterocycles. The van der Waals surface area contributed by atoms with Crippen molar-refractivity contribution in [1.29, 1.82) is 0 Å². The molecule has 2 saturated heterocycles. The quantitative estimate of drug-likeness (QED) is 0.147. The number of carbonyl (C=O) groups is 6. The van der Waals surface area contributed by atoms with E-state index in [1.54, 1.807) is 0 Å². The Bertz CT molecular complexity index is 1830. The third-order valence-electron chi connectivity index (χ3n) is 8.88. The van der Waals surface area contributed by atoms with Crippen molar-refractivity contribution in [2.45, 2.75) is 96.0 Å². The molecule has 8 atom stereocenters. The summed E-state index contributed by atoms with van der Waals surface area (Å²) >= 11 is 0. The lowest BCUT2D eigenvalue weighted by molar-refractivity contribution is -0.288. The molecule has 312 valence electrons. The van der Waals surface area contributed by atoms with E-state index >= 15 is 0 Å². The highest BCUT2D eigenvalue weighted by atomic mass is 16.7. The van der Waals surface area contributed by atoms with Crippen molar-refractivity contribution in [2.24, 2.45) is 0 Å². The number of aliphatic hydroxyl groups is 2. The molecule has 0 spiro atoms. The van der Waals surface area contributed by atoms with Crippen LogP contribution in [0.15, 0.2) is 36.4 Å². The molecule has 0 aliphatic carbocycles. The van der Waals surface area contributed by atoms with Gasteiger partial charge in [0.2, 0.25) is 12.4 Å². The van der Waals surface area contributed by atoms with Crippen LogP contribution < -0.4 is 18.9 Å². The summed E-state index contributed by atoms with van der Waals surface area (Å²) in [5, 5.41) is 24.3. The van der Waals surface area contributed by atoms with Gasteiger partial charge in [-0.2, -0.15) is 0 Å². The lowest BCUT2D eigenvalue weighted by Crippen LogP contribution is -2.63. The van der Waals surface area contributed by atoms with Crippen LogP contribution >= 0.6 is 0 Å². The number of carbonyl (C=O) groups excluding carboxylic acids is 6. The molecule has 2 fully saturated rings. The zero-order valence-electron chi connectivity index (χ0n) is 32.6. The molecule has 19 heteroatoms. The first kappa shape index (κ1) is 44.2. The number of hydrogen-bond donors (Lipinski definition) is 2. The van der Waals surface area contributed by atoms with Gasteiger partial charge in [-0.05, 0) is 35.4 Å². The zero-order valence-corrected chi connectivity index (χ0v) is 32.6. The van der Waals surface area contributed by atoms with Crippen molar-refractivity contribution >= 4 is 35.8 Å². The van der Waals surface area contributed by atoms with Gasteiger partial charge in [0.05, 0.1) is 20.8 Å². The largest absolute Gasteiger partial charge is 0.493 e. The second-order valence-corrected chi connectivity index (χ2v) is 13.3. The summed E-state index contributed by atoms with van der Waals surface area (Å²) in [4.78, 5) is 71.8. The molecular formula is C38H46O19. The first-order valence-electron chi connectivity index (χ1n) is 17.5. The van der Waals surface area contributed by atoms with E-state index in [0.29, 0.717) is 11.1 Å². The highest BCUT2D eigenvalue weighted by Gasteiger charge is 2.62. The minimum atomic E-state index is -2.25. The van der Waals surface area contributed by atoms with E-state index in [1.165, 1.54) is 57.5 Å². The van der Waals surface area contributed by atoms with Gasteiger partial charge in [0.25, 0.3) is 0 Å². The molecule has 2 aliphatic rings. The van der Waals surface area contributed by atoms with Gasteiger partial charge in [0.1, 0.15) is 31.0 Å². The van der Waals surface area contributed by atoms with Gasteiger partial charge in [0, 0.05) is 48.0 Å². The van der Waals surface area contributed by atoms with E-state index < -0.39 is 104 Å². The van der Waals surface area contributed by atoms with E-state index in [1.807, 2.05) is 0 Å². The Labute approximate surface area is 327 Å². The summed E-state index contributed by atoms with van der Waals surface area (Å²) < 4.78 is 61.0. The molecule has 0 saturated carbocycles. The summed E-state index contributed by atoms with van der Waals surface area (Å²) in [5.74, 6) is -4.21. The van der Waals surface area contributed by atoms with Gasteiger partial charge in [-0.1, -0.05) is 12.1 Å². The second kappa shape index (κ2) is 18.6. The van der Waals surface area contributed by atoms with Gasteiger partial charge in [0.15, 0.2) is 40.8 Å². The standard InChI is InChI=1S/C38H46O19/c1-19(39)49-16-31-32(53-22(4)42)33(54-23(5)43)34(55-24(6)44)36(57-31)56-28-11-9-25(13-29(28)47-7)15-37(45)17-51-35(38(37,46)18-50-20(2)40)26-10-12-27(52-21(3)41)30(14-26)48-8/h9-14,31-36,45-46H,15-18H2,1-8H3/t31-,32-,33+,34-,35-,36-,37-,38+/m1/s1. The molecule has 4 rings (SSSR count). The predicted octanol–water partition coefficient (Wildman–Crippen LogP) is 1.43. The molecule has 0 bridgehead atoms. The van der Waals surface area contributed by atoms with E-state index in [-0.39, 0.29) is 29.4 Å². The molecule has 19 nitrogen and oxygen atoms in total. The summed E-state index contributed by atoms with van der Waals surface area (Å²) in [6, 6.07) is 8.78. The van der Waals surface area contributed by atoms with Crippen molar-refractivity contribution in [2.75, 3.05) is 34.0 Å². The maximum Gasteiger partial charge on any atom is 0.308 e. The van der Waals surface area contributed by atoms with Gasteiger partial charge in [-0.3, -0.25) is 28.8 Å². The van der Waals surface area contributed by atoms with Crippen molar-refractivity contribution in [1.82, 2.24) is 0 Å². The van der Waals surface area contributed by atoms with Crippen LogP contribution in [0.4, 0.5) is 0 Å². The Balaban J connectivity index is 1.69. The van der Waals surface area contributed by atoms with Crippen LogP contribution in [0.1, 0.15) is 58.8 Å². The minimum absolute atomic E-state index is 0.00942. The summed E-state index contributed by atoms with van der Waals surface area (Å²) in [5.41, 5.74) is -3.66. The monoisotopic (exact) mass is 806 g/mol. The molecule has 2 aromatic carbocycles. The molecule has 2 heterocycles. The highest BCUT2D eigenvalue weighted by Crippen LogP contribution is 2.48. The van der Waals surface area contributed by atoms with Crippen LogP contribution in [0.2, 0.25) is 0 Å². The second-order valence-electron chi connectivity index (χ2n) is 13.3. The Morgan fingerprint density at radius 3 is 1.84 bits per heavy atom. The Kier molecular flexibility index (Phi) is 14.5. The third-order valence-corrected chi connectivity index (χ3v) is 8.88. The van der Waals surface area contributed by atoms with E-state index in [2.05, 4.69) is 0 Å². The first-order chi connectivity index (χ1) is 26.8. The summed E-state index contributed by atoms with van der Waals surface area (Å²) in [7, 11) is 2.66. The van der Waals surface area contributed by atoms with Crippen LogP contribution in [-0.2, 0) is 68.3 Å². The molecule has 0 unspecified atom stereocenters. The van der Waals surface area contributed by atoms with Gasteiger partial charge >= 0.3 is 35.8 Å². The van der Waals surface area contributed by atoms with Crippen LogP contribution in [0.3, 0.4) is 0 Å². The number of esters is 6. The van der Waals surface area contributed by atoms with Crippen LogP contribution in [-0.4, -0.2) is 122 Å². The van der Waals surface area contributed by atoms with Gasteiger partial charge in [-0.25, -0.2) is 0 Å². The zero-order chi connectivity index (χ0) is 42.2. The van der Waals surface area contributed by atoms with E-state index in [4.69, 9.17) is 52.1 Å². The minimum Gasteiger partial charge on any atom is -0.493 e. The first-order valence-corrected chi connectivity index (χ1v) is 17.5. The molecule has 0 radical (unpaired) electrons. The molecule has 2 N–H and O–H groups in total. The predicted molar refractivity (Wildman–Crippen MR) is 189 cm³/mol. The Morgan fingerprint density at radius 2 is 1.26 bits per heavy atom. The fourth-order valence-electron chi connectivity index (χ4n) is 6.48. The van der Waals surface area contributed by atoms with Crippen LogP contribution in [0.25, 0.3) is 0 Å². The van der Waals surface area contributed by atoms with Crippen molar-refractivity contribution < 1.29 is 91.1 Å². The lowest BCUT2D eigenvalue weighted by Gasteiger charge is -2.44. The molecule has 2 aromatic rings. The number of methoxy groups -OCH3 is 2. The SMILES string of the molecule is COc1cc([C@H]2OC[C@](O)(Cc3ccc(O[C@@H]4O[C@H](COC(C)=O)[C@@H](OC(C)=O)[C@H](OC(C)=O)[C@H]4OC(C)=O)c(OC)c3)[C@]2(O)COC(C)=O)ccc1OC(C)=O. The molecular weight excluding hydrogens is 760 g/mol. The van der Waals surface area contributed by atoms with Gasteiger partial charge < -0.3 is 62.3 Å². The summed E-state index contributed by atoms with van der Waals surface area (Å²) in [6.07, 6.45) is -8.83.